The van der Waals surface area contributed by atoms with Crippen molar-refractivity contribution in [2.45, 2.75) is 32.8 Å². The van der Waals surface area contributed by atoms with Crippen LogP contribution < -0.4 is 10.3 Å². The minimum Gasteiger partial charge on any atom is -0.467 e. The highest BCUT2D eigenvalue weighted by molar-refractivity contribution is 7.20. The monoisotopic (exact) mass is 383 g/mol. The maximum atomic E-state index is 12.5. The molecule has 0 radical (unpaired) electrons. The summed E-state index contributed by atoms with van der Waals surface area (Å²) in [4.78, 5) is 32.7. The van der Waals surface area contributed by atoms with Gasteiger partial charge in [0.1, 0.15) is 6.10 Å². The fraction of sp³-hybridized carbons (Fsp3) is 0.350. The highest BCUT2D eigenvalue weighted by Gasteiger charge is 2.25. The number of pyridine rings is 1. The summed E-state index contributed by atoms with van der Waals surface area (Å²) in [5, 5.41) is 0.702. The number of amides is 1. The van der Waals surface area contributed by atoms with E-state index in [2.05, 4.69) is 35.9 Å². The number of nitrogens with zero attached hydrogens (tertiary/aromatic N) is 2. The average Bonchev–Trinajstić information content (AvgIpc) is 3.11. The van der Waals surface area contributed by atoms with Crippen LogP contribution in [0.5, 0.6) is 5.19 Å². The number of carbonyl (C=O) groups is 1. The number of likely N-dealkylation sites (tertiary alicyclic amines) is 1. The first-order valence-corrected chi connectivity index (χ1v) is 9.84. The average molecular weight is 383 g/mol. The third-order valence-electron chi connectivity index (χ3n) is 4.95. The van der Waals surface area contributed by atoms with Gasteiger partial charge in [0.15, 0.2) is 0 Å². The van der Waals surface area contributed by atoms with Crippen molar-refractivity contribution in [1.82, 2.24) is 14.9 Å². The van der Waals surface area contributed by atoms with Crippen molar-refractivity contribution in [3.05, 3.63) is 57.5 Å². The molecule has 3 heterocycles. The first kappa shape index (κ1) is 17.7. The maximum Gasteiger partial charge on any atom is 0.274 e. The molecule has 1 aliphatic heterocycles. The first-order valence-electron chi connectivity index (χ1n) is 9.02. The van der Waals surface area contributed by atoms with E-state index in [1.54, 1.807) is 22.3 Å². The lowest BCUT2D eigenvalue weighted by Gasteiger charge is -2.31. The molecule has 1 amide bonds. The summed E-state index contributed by atoms with van der Waals surface area (Å²) < 4.78 is 7.30. The smallest absolute Gasteiger partial charge is 0.274 e. The van der Waals surface area contributed by atoms with Gasteiger partial charge in [0.2, 0.25) is 5.56 Å². The largest absolute Gasteiger partial charge is 0.467 e. The highest BCUT2D eigenvalue weighted by atomic mass is 32.1. The second kappa shape index (κ2) is 7.15. The summed E-state index contributed by atoms with van der Waals surface area (Å²) in [6, 6.07) is 7.14. The number of aromatic amines is 1. The van der Waals surface area contributed by atoms with Gasteiger partial charge in [-0.2, -0.15) is 0 Å². The molecule has 0 bridgehead atoms. The molecule has 140 valence electrons. The molecule has 0 spiro atoms. The summed E-state index contributed by atoms with van der Waals surface area (Å²) >= 11 is 1.59. The van der Waals surface area contributed by atoms with E-state index in [9.17, 15) is 9.59 Å². The highest BCUT2D eigenvalue weighted by Crippen LogP contribution is 2.33. The number of hydrogen-bond acceptors (Lipinski definition) is 5. The van der Waals surface area contributed by atoms with Gasteiger partial charge in [0.05, 0.1) is 15.8 Å². The Morgan fingerprint density at radius 2 is 1.93 bits per heavy atom. The van der Waals surface area contributed by atoms with Crippen LogP contribution in [0.25, 0.3) is 10.2 Å². The van der Waals surface area contributed by atoms with E-state index in [0.29, 0.717) is 23.8 Å². The van der Waals surface area contributed by atoms with Crippen LogP contribution in [0.15, 0.2) is 35.3 Å². The van der Waals surface area contributed by atoms with Crippen LogP contribution in [-0.2, 0) is 0 Å². The van der Waals surface area contributed by atoms with Gasteiger partial charge < -0.3 is 14.6 Å². The molecule has 0 aliphatic carbocycles. The molecule has 1 saturated heterocycles. The molecule has 27 heavy (non-hydrogen) atoms. The van der Waals surface area contributed by atoms with E-state index in [1.807, 2.05) is 0 Å². The van der Waals surface area contributed by atoms with Gasteiger partial charge in [0.25, 0.3) is 11.1 Å². The minimum absolute atomic E-state index is 0.0593. The molecule has 4 rings (SSSR count). The zero-order valence-electron chi connectivity index (χ0n) is 15.3. The standard InChI is InChI=1S/C20H21N3O3S/c1-12-3-4-13(2)18-17(12)22-20(27-18)26-15-7-9-23(10-8-15)19(25)14-5-6-16(24)21-11-14/h3-6,11,15H,7-10H2,1-2H3,(H,21,24). The third kappa shape index (κ3) is 3.60. The summed E-state index contributed by atoms with van der Waals surface area (Å²) in [5.74, 6) is -0.0593. The third-order valence-corrected chi connectivity index (χ3v) is 6.03. The normalized spacial score (nSPS) is 15.3. The Balaban J connectivity index is 1.40. The maximum absolute atomic E-state index is 12.5. The van der Waals surface area contributed by atoms with Crippen molar-refractivity contribution in [1.29, 1.82) is 0 Å². The number of carbonyl (C=O) groups excluding carboxylic acids is 1. The van der Waals surface area contributed by atoms with E-state index in [4.69, 9.17) is 4.74 Å². The summed E-state index contributed by atoms with van der Waals surface area (Å²) in [5.41, 5.74) is 3.68. The number of benzene rings is 1. The molecule has 0 atom stereocenters. The first-order chi connectivity index (χ1) is 13.0. The Hall–Kier alpha value is -2.67. The summed E-state index contributed by atoms with van der Waals surface area (Å²) in [7, 11) is 0. The number of fused-ring (bicyclic) bond motifs is 1. The van der Waals surface area contributed by atoms with Crippen LogP contribution in [0.2, 0.25) is 0 Å². The molecular formula is C20H21N3O3S. The lowest BCUT2D eigenvalue weighted by molar-refractivity contribution is 0.0595. The Morgan fingerprint density at radius 1 is 1.19 bits per heavy atom. The quantitative estimate of drug-likeness (QED) is 0.753. The van der Waals surface area contributed by atoms with Crippen LogP contribution in [0.4, 0.5) is 0 Å². The van der Waals surface area contributed by atoms with Crippen LogP contribution in [0.1, 0.15) is 34.3 Å². The number of rotatable bonds is 3. The van der Waals surface area contributed by atoms with Crippen LogP contribution >= 0.6 is 11.3 Å². The minimum atomic E-state index is -0.208. The van der Waals surface area contributed by atoms with Crippen molar-refractivity contribution in [3.63, 3.8) is 0 Å². The van der Waals surface area contributed by atoms with E-state index in [1.165, 1.54) is 22.5 Å². The van der Waals surface area contributed by atoms with Crippen molar-refractivity contribution < 1.29 is 9.53 Å². The number of hydrogen-bond donors (Lipinski definition) is 1. The fourth-order valence-electron chi connectivity index (χ4n) is 3.34. The van der Waals surface area contributed by atoms with Gasteiger partial charge in [-0.05, 0) is 31.0 Å². The SMILES string of the molecule is Cc1ccc(C)c2sc(OC3CCN(C(=O)c4ccc(=O)[nH]c4)CC3)nc12. The van der Waals surface area contributed by atoms with Gasteiger partial charge in [0, 0.05) is 38.2 Å². The molecule has 3 aromatic rings. The van der Waals surface area contributed by atoms with E-state index < -0.39 is 0 Å². The van der Waals surface area contributed by atoms with Gasteiger partial charge >= 0.3 is 0 Å². The van der Waals surface area contributed by atoms with Crippen molar-refractivity contribution in [3.8, 4) is 5.19 Å². The van der Waals surface area contributed by atoms with Gasteiger partial charge in [-0.15, -0.1) is 0 Å². The van der Waals surface area contributed by atoms with Crippen LogP contribution in [0, 0.1) is 13.8 Å². The topological polar surface area (TPSA) is 75.3 Å². The van der Waals surface area contributed by atoms with E-state index >= 15 is 0 Å². The fourth-order valence-corrected chi connectivity index (χ4v) is 4.36. The van der Waals surface area contributed by atoms with Gasteiger partial charge in [-0.25, -0.2) is 4.98 Å². The molecule has 2 aromatic heterocycles. The van der Waals surface area contributed by atoms with Crippen molar-refractivity contribution in [2.24, 2.45) is 0 Å². The number of aryl methyl sites for hydroxylation is 2. The van der Waals surface area contributed by atoms with E-state index in [-0.39, 0.29) is 17.6 Å². The van der Waals surface area contributed by atoms with Gasteiger partial charge in [-0.1, -0.05) is 23.5 Å². The molecule has 6 nitrogen and oxygen atoms in total. The van der Waals surface area contributed by atoms with E-state index in [0.717, 1.165) is 23.9 Å². The number of thiazole rings is 1. The molecule has 1 fully saturated rings. The summed E-state index contributed by atoms with van der Waals surface area (Å²) in [6.45, 7) is 5.41. The number of ether oxygens (including phenoxy) is 1. The Labute approximate surface area is 160 Å². The second-order valence-electron chi connectivity index (χ2n) is 6.91. The second-order valence-corrected chi connectivity index (χ2v) is 7.87. The van der Waals surface area contributed by atoms with Gasteiger partial charge in [-0.3, -0.25) is 9.59 Å². The zero-order chi connectivity index (χ0) is 19.0. The molecule has 0 saturated carbocycles. The summed E-state index contributed by atoms with van der Waals surface area (Å²) in [6.07, 6.45) is 3.07. The molecule has 1 aromatic carbocycles. The Bertz CT molecular complexity index is 989. The Morgan fingerprint density at radius 3 is 2.59 bits per heavy atom. The predicted octanol–water partition coefficient (Wildman–Crippen LogP) is 3.29. The van der Waals surface area contributed by atoms with Crippen LogP contribution in [0.3, 0.4) is 0 Å². The molecule has 0 unspecified atom stereocenters. The molecule has 1 aliphatic rings. The number of H-pyrrole nitrogens is 1. The number of aromatic nitrogens is 2. The van der Waals surface area contributed by atoms with Crippen molar-refractivity contribution >= 4 is 27.5 Å². The van der Waals surface area contributed by atoms with Crippen molar-refractivity contribution in [2.75, 3.05) is 13.1 Å². The zero-order valence-corrected chi connectivity index (χ0v) is 16.1. The predicted molar refractivity (Wildman–Crippen MR) is 106 cm³/mol. The number of nitrogens with one attached hydrogen (secondary N) is 1. The van der Waals surface area contributed by atoms with Crippen LogP contribution in [-0.4, -0.2) is 40.0 Å². The molecular weight excluding hydrogens is 362 g/mol. The molecule has 1 N–H and O–H groups in total. The molecule has 7 heteroatoms. The number of piperidine rings is 1. The Kier molecular flexibility index (Phi) is 4.70. The lowest BCUT2D eigenvalue weighted by atomic mass is 10.1. The lowest BCUT2D eigenvalue weighted by Crippen LogP contribution is -2.41.